The van der Waals surface area contributed by atoms with E-state index in [1.807, 2.05) is 13.0 Å². The fourth-order valence-electron chi connectivity index (χ4n) is 2.25. The Balaban J connectivity index is 1.93. The monoisotopic (exact) mass is 263 g/mol. The molecule has 1 aromatic rings. The molecular formula is C14H21N3O2. The fraction of sp³-hybridized carbons (Fsp3) is 0.500. The second-order valence-corrected chi connectivity index (χ2v) is 5.03. The first kappa shape index (κ1) is 13.7. The standard InChI is InChI=1S/C14H21N3O2/c1-2-16-14(19)10-3-4-13(12(15)7-10)17-8-9-5-11(18)6-9/h3-4,7,9,11,17-18H,2,5-6,8,15H2,1H3,(H,16,19). The Kier molecular flexibility index (Phi) is 4.27. The zero-order valence-electron chi connectivity index (χ0n) is 11.1. The number of anilines is 2. The van der Waals surface area contributed by atoms with Crippen molar-refractivity contribution in [2.45, 2.75) is 25.9 Å². The molecule has 0 heterocycles. The van der Waals surface area contributed by atoms with Gasteiger partial charge in [0.05, 0.1) is 17.5 Å². The predicted octanol–water partition coefficient (Wildman–Crippen LogP) is 1.20. The van der Waals surface area contributed by atoms with Crippen LogP contribution in [0, 0.1) is 5.92 Å². The van der Waals surface area contributed by atoms with Crippen LogP contribution in [-0.2, 0) is 0 Å². The van der Waals surface area contributed by atoms with Crippen molar-refractivity contribution in [1.29, 1.82) is 0 Å². The van der Waals surface area contributed by atoms with E-state index in [9.17, 15) is 9.90 Å². The average Bonchev–Trinajstić information content (AvgIpc) is 2.34. The first-order valence-electron chi connectivity index (χ1n) is 6.69. The summed E-state index contributed by atoms with van der Waals surface area (Å²) in [6, 6.07) is 5.28. The number of hydrogen-bond acceptors (Lipinski definition) is 4. The molecule has 1 saturated carbocycles. The molecule has 19 heavy (non-hydrogen) atoms. The highest BCUT2D eigenvalue weighted by Crippen LogP contribution is 2.28. The highest BCUT2D eigenvalue weighted by molar-refractivity contribution is 5.96. The summed E-state index contributed by atoms with van der Waals surface area (Å²) in [7, 11) is 0. The number of aliphatic hydroxyl groups excluding tert-OH is 1. The number of rotatable bonds is 5. The third-order valence-electron chi connectivity index (χ3n) is 3.44. The van der Waals surface area contributed by atoms with Crippen molar-refractivity contribution >= 4 is 17.3 Å². The number of amides is 1. The third kappa shape index (κ3) is 3.38. The number of nitrogens with two attached hydrogens (primary N) is 1. The molecule has 0 bridgehead atoms. The minimum atomic E-state index is -0.135. The molecular weight excluding hydrogens is 242 g/mol. The average molecular weight is 263 g/mol. The zero-order valence-corrected chi connectivity index (χ0v) is 11.1. The Hall–Kier alpha value is -1.75. The van der Waals surface area contributed by atoms with Crippen LogP contribution < -0.4 is 16.4 Å². The summed E-state index contributed by atoms with van der Waals surface area (Å²) in [6.07, 6.45) is 1.57. The Bertz CT molecular complexity index is 456. The summed E-state index contributed by atoms with van der Waals surface area (Å²) in [5, 5.41) is 15.2. The largest absolute Gasteiger partial charge is 0.397 e. The summed E-state index contributed by atoms with van der Waals surface area (Å²) < 4.78 is 0. The van der Waals surface area contributed by atoms with Gasteiger partial charge in [0, 0.05) is 18.7 Å². The van der Waals surface area contributed by atoms with Gasteiger partial charge in [-0.2, -0.15) is 0 Å². The van der Waals surface area contributed by atoms with Gasteiger partial charge in [0.2, 0.25) is 0 Å². The summed E-state index contributed by atoms with van der Waals surface area (Å²) in [4.78, 5) is 11.7. The molecule has 2 rings (SSSR count). The van der Waals surface area contributed by atoms with Crippen LogP contribution in [0.25, 0.3) is 0 Å². The molecule has 1 aliphatic carbocycles. The van der Waals surface area contributed by atoms with Crippen LogP contribution >= 0.6 is 0 Å². The maximum atomic E-state index is 11.7. The first-order chi connectivity index (χ1) is 9.10. The lowest BCUT2D eigenvalue weighted by molar-refractivity contribution is 0.0487. The van der Waals surface area contributed by atoms with Gasteiger partial charge in [0.1, 0.15) is 0 Å². The molecule has 0 spiro atoms. The number of benzene rings is 1. The molecule has 1 aromatic carbocycles. The highest BCUT2D eigenvalue weighted by atomic mass is 16.3. The van der Waals surface area contributed by atoms with Gasteiger partial charge in [0.15, 0.2) is 0 Å². The smallest absolute Gasteiger partial charge is 0.251 e. The molecule has 0 atom stereocenters. The van der Waals surface area contributed by atoms with Crippen molar-refractivity contribution in [2.24, 2.45) is 5.92 Å². The van der Waals surface area contributed by atoms with Crippen molar-refractivity contribution in [2.75, 3.05) is 24.1 Å². The van der Waals surface area contributed by atoms with E-state index in [-0.39, 0.29) is 12.0 Å². The van der Waals surface area contributed by atoms with E-state index in [1.165, 1.54) is 0 Å². The quantitative estimate of drug-likeness (QED) is 0.601. The lowest BCUT2D eigenvalue weighted by Gasteiger charge is -2.31. The summed E-state index contributed by atoms with van der Waals surface area (Å²) in [5.41, 5.74) is 7.92. The van der Waals surface area contributed by atoms with Crippen LogP contribution in [0.1, 0.15) is 30.1 Å². The fourth-order valence-corrected chi connectivity index (χ4v) is 2.25. The molecule has 0 unspecified atom stereocenters. The minimum Gasteiger partial charge on any atom is -0.397 e. The van der Waals surface area contributed by atoms with E-state index in [4.69, 9.17) is 5.73 Å². The number of aliphatic hydroxyl groups is 1. The van der Waals surface area contributed by atoms with Gasteiger partial charge in [-0.3, -0.25) is 4.79 Å². The lowest BCUT2D eigenvalue weighted by Crippen LogP contribution is -2.33. The maximum absolute atomic E-state index is 11.7. The summed E-state index contributed by atoms with van der Waals surface area (Å²) in [5.74, 6) is 0.403. The van der Waals surface area contributed by atoms with Gasteiger partial charge in [0.25, 0.3) is 5.91 Å². The van der Waals surface area contributed by atoms with E-state index in [0.29, 0.717) is 23.7 Å². The van der Waals surface area contributed by atoms with E-state index in [0.717, 1.165) is 25.1 Å². The number of carbonyl (C=O) groups excluding carboxylic acids is 1. The van der Waals surface area contributed by atoms with Crippen molar-refractivity contribution < 1.29 is 9.90 Å². The molecule has 0 saturated heterocycles. The number of nitrogen functional groups attached to an aromatic ring is 1. The second kappa shape index (κ2) is 5.93. The van der Waals surface area contributed by atoms with Gasteiger partial charge in [-0.15, -0.1) is 0 Å². The topological polar surface area (TPSA) is 87.4 Å². The van der Waals surface area contributed by atoms with E-state index in [1.54, 1.807) is 12.1 Å². The predicted molar refractivity (Wildman–Crippen MR) is 76.1 cm³/mol. The molecule has 5 N–H and O–H groups in total. The molecule has 0 aromatic heterocycles. The van der Waals surface area contributed by atoms with E-state index in [2.05, 4.69) is 10.6 Å². The SMILES string of the molecule is CCNC(=O)c1ccc(NCC2CC(O)C2)c(N)c1. The van der Waals surface area contributed by atoms with Crippen LogP contribution in [0.5, 0.6) is 0 Å². The number of carbonyl (C=O) groups is 1. The lowest BCUT2D eigenvalue weighted by atomic mass is 9.82. The van der Waals surface area contributed by atoms with Gasteiger partial charge >= 0.3 is 0 Å². The minimum absolute atomic E-state index is 0.108. The Morgan fingerprint density at radius 3 is 2.79 bits per heavy atom. The number of nitrogens with one attached hydrogen (secondary N) is 2. The molecule has 1 aliphatic rings. The van der Waals surface area contributed by atoms with Crippen molar-refractivity contribution in [1.82, 2.24) is 5.32 Å². The normalized spacial score (nSPS) is 21.6. The van der Waals surface area contributed by atoms with Crippen LogP contribution in [0.2, 0.25) is 0 Å². The summed E-state index contributed by atoms with van der Waals surface area (Å²) >= 11 is 0. The molecule has 5 nitrogen and oxygen atoms in total. The Morgan fingerprint density at radius 2 is 2.21 bits per heavy atom. The first-order valence-corrected chi connectivity index (χ1v) is 6.69. The highest BCUT2D eigenvalue weighted by Gasteiger charge is 2.26. The van der Waals surface area contributed by atoms with Crippen LogP contribution in [0.15, 0.2) is 18.2 Å². The maximum Gasteiger partial charge on any atom is 0.251 e. The Labute approximate surface area is 113 Å². The molecule has 0 aliphatic heterocycles. The van der Waals surface area contributed by atoms with Crippen LogP contribution in [0.3, 0.4) is 0 Å². The van der Waals surface area contributed by atoms with E-state index < -0.39 is 0 Å². The van der Waals surface area contributed by atoms with Gasteiger partial charge in [-0.1, -0.05) is 0 Å². The molecule has 1 fully saturated rings. The summed E-state index contributed by atoms with van der Waals surface area (Å²) in [6.45, 7) is 3.29. The van der Waals surface area contributed by atoms with Crippen LogP contribution in [0.4, 0.5) is 11.4 Å². The van der Waals surface area contributed by atoms with Gasteiger partial charge in [-0.25, -0.2) is 0 Å². The van der Waals surface area contributed by atoms with Gasteiger partial charge < -0.3 is 21.5 Å². The van der Waals surface area contributed by atoms with Crippen molar-refractivity contribution in [3.63, 3.8) is 0 Å². The van der Waals surface area contributed by atoms with Crippen molar-refractivity contribution in [3.8, 4) is 0 Å². The van der Waals surface area contributed by atoms with Crippen molar-refractivity contribution in [3.05, 3.63) is 23.8 Å². The van der Waals surface area contributed by atoms with Gasteiger partial charge in [-0.05, 0) is 43.9 Å². The Morgan fingerprint density at radius 1 is 1.47 bits per heavy atom. The van der Waals surface area contributed by atoms with E-state index >= 15 is 0 Å². The molecule has 0 radical (unpaired) electrons. The third-order valence-corrected chi connectivity index (χ3v) is 3.44. The molecule has 1 amide bonds. The molecule has 104 valence electrons. The number of hydrogen-bond donors (Lipinski definition) is 4. The zero-order chi connectivity index (χ0) is 13.8. The van der Waals surface area contributed by atoms with Crippen LogP contribution in [-0.4, -0.2) is 30.2 Å². The second-order valence-electron chi connectivity index (χ2n) is 5.03. The molecule has 5 heteroatoms.